The number of hydrogen-bond acceptors (Lipinski definition) is 4. The quantitative estimate of drug-likeness (QED) is 0.802. The third-order valence-electron chi connectivity index (χ3n) is 3.18. The van der Waals surface area contributed by atoms with Gasteiger partial charge in [-0.3, -0.25) is 0 Å². The average molecular weight is 206 g/mol. The predicted octanol–water partition coefficient (Wildman–Crippen LogP) is 1.83. The summed E-state index contributed by atoms with van der Waals surface area (Å²) in [5, 5.41) is 0. The van der Waals surface area contributed by atoms with E-state index < -0.39 is 0 Å². The Morgan fingerprint density at radius 1 is 1.33 bits per heavy atom. The van der Waals surface area contributed by atoms with Gasteiger partial charge < -0.3 is 10.6 Å². The first-order valence-electron chi connectivity index (χ1n) is 5.57. The second kappa shape index (κ2) is 4.47. The van der Waals surface area contributed by atoms with Crippen LogP contribution in [0, 0.1) is 0 Å². The fourth-order valence-corrected chi connectivity index (χ4v) is 2.27. The lowest BCUT2D eigenvalue weighted by Gasteiger charge is -2.32. The van der Waals surface area contributed by atoms with Crippen molar-refractivity contribution in [2.45, 2.75) is 38.1 Å². The fourth-order valence-electron chi connectivity index (χ4n) is 2.27. The number of nitrogens with two attached hydrogens (primary N) is 1. The van der Waals surface area contributed by atoms with E-state index in [1.807, 2.05) is 0 Å². The first-order valence-corrected chi connectivity index (χ1v) is 5.57. The van der Waals surface area contributed by atoms with Gasteiger partial charge in [0.2, 0.25) is 0 Å². The van der Waals surface area contributed by atoms with Crippen LogP contribution in [0.4, 0.5) is 11.5 Å². The van der Waals surface area contributed by atoms with E-state index in [1.54, 1.807) is 12.5 Å². The highest BCUT2D eigenvalue weighted by Crippen LogP contribution is 2.27. The largest absolute Gasteiger partial charge is 0.394 e. The van der Waals surface area contributed by atoms with Gasteiger partial charge in [0, 0.05) is 13.1 Å². The molecule has 0 spiro atoms. The second-order valence-corrected chi connectivity index (χ2v) is 4.20. The smallest absolute Gasteiger partial charge is 0.155 e. The Bertz CT molecular complexity index is 320. The molecule has 0 unspecified atom stereocenters. The van der Waals surface area contributed by atoms with Crippen molar-refractivity contribution < 1.29 is 0 Å². The molecule has 1 aromatic heterocycles. The van der Waals surface area contributed by atoms with Crippen LogP contribution in [0.25, 0.3) is 0 Å². The van der Waals surface area contributed by atoms with Gasteiger partial charge in [-0.15, -0.1) is 0 Å². The maximum atomic E-state index is 5.86. The Morgan fingerprint density at radius 3 is 2.73 bits per heavy atom. The van der Waals surface area contributed by atoms with Crippen molar-refractivity contribution in [3.63, 3.8) is 0 Å². The minimum absolute atomic E-state index is 0.593. The van der Waals surface area contributed by atoms with Crippen molar-refractivity contribution in [2.75, 3.05) is 17.7 Å². The number of rotatable bonds is 2. The van der Waals surface area contributed by atoms with Crippen molar-refractivity contribution in [1.82, 2.24) is 9.97 Å². The Kier molecular flexibility index (Phi) is 3.04. The summed E-state index contributed by atoms with van der Waals surface area (Å²) in [6.45, 7) is 0. The van der Waals surface area contributed by atoms with E-state index in [4.69, 9.17) is 5.73 Å². The van der Waals surface area contributed by atoms with Crippen LogP contribution in [0.1, 0.15) is 32.1 Å². The Morgan fingerprint density at radius 2 is 2.07 bits per heavy atom. The summed E-state index contributed by atoms with van der Waals surface area (Å²) in [6.07, 6.45) is 9.73. The van der Waals surface area contributed by atoms with Gasteiger partial charge in [0.25, 0.3) is 0 Å². The van der Waals surface area contributed by atoms with E-state index in [0.29, 0.717) is 11.7 Å². The third-order valence-corrected chi connectivity index (χ3v) is 3.18. The van der Waals surface area contributed by atoms with Gasteiger partial charge in [-0.1, -0.05) is 19.3 Å². The highest BCUT2D eigenvalue weighted by molar-refractivity contribution is 5.60. The first-order chi connectivity index (χ1) is 7.29. The summed E-state index contributed by atoms with van der Waals surface area (Å²) in [7, 11) is 2.08. The zero-order chi connectivity index (χ0) is 10.7. The monoisotopic (exact) mass is 206 g/mol. The molecule has 2 rings (SSSR count). The van der Waals surface area contributed by atoms with Crippen molar-refractivity contribution in [3.05, 3.63) is 12.5 Å². The molecule has 0 saturated heterocycles. The van der Waals surface area contributed by atoms with Crippen LogP contribution in [-0.2, 0) is 0 Å². The molecule has 0 aromatic carbocycles. The number of nitrogen functional groups attached to an aromatic ring is 1. The SMILES string of the molecule is CN(c1ncncc1N)C1CCCCC1. The second-order valence-electron chi connectivity index (χ2n) is 4.20. The molecule has 0 aliphatic heterocycles. The summed E-state index contributed by atoms with van der Waals surface area (Å²) in [6, 6.07) is 0.593. The summed E-state index contributed by atoms with van der Waals surface area (Å²) in [5.74, 6) is 0.872. The van der Waals surface area contributed by atoms with Gasteiger partial charge >= 0.3 is 0 Å². The molecule has 0 bridgehead atoms. The van der Waals surface area contributed by atoms with Gasteiger partial charge in [-0.2, -0.15) is 0 Å². The van der Waals surface area contributed by atoms with Gasteiger partial charge in [-0.05, 0) is 12.8 Å². The molecule has 1 fully saturated rings. The molecule has 1 aliphatic rings. The van der Waals surface area contributed by atoms with Crippen LogP contribution in [-0.4, -0.2) is 23.1 Å². The van der Waals surface area contributed by atoms with Gasteiger partial charge in [-0.25, -0.2) is 9.97 Å². The minimum Gasteiger partial charge on any atom is -0.394 e. The molecule has 1 heterocycles. The normalized spacial score (nSPS) is 17.7. The van der Waals surface area contributed by atoms with Crippen LogP contribution in [0.15, 0.2) is 12.5 Å². The zero-order valence-electron chi connectivity index (χ0n) is 9.19. The summed E-state index contributed by atoms with van der Waals surface area (Å²) in [4.78, 5) is 10.4. The van der Waals surface area contributed by atoms with E-state index in [2.05, 4.69) is 21.9 Å². The maximum absolute atomic E-state index is 5.86. The fraction of sp³-hybridized carbons (Fsp3) is 0.636. The average Bonchev–Trinajstić information content (AvgIpc) is 2.30. The zero-order valence-corrected chi connectivity index (χ0v) is 9.19. The molecule has 4 heteroatoms. The summed E-state index contributed by atoms with van der Waals surface area (Å²) >= 11 is 0. The van der Waals surface area contributed by atoms with Crippen molar-refractivity contribution in [2.24, 2.45) is 0 Å². The van der Waals surface area contributed by atoms with Crippen LogP contribution >= 0.6 is 0 Å². The number of aromatic nitrogens is 2. The molecular formula is C11H18N4. The molecule has 1 saturated carbocycles. The molecule has 15 heavy (non-hydrogen) atoms. The van der Waals surface area contributed by atoms with Gasteiger partial charge in [0.1, 0.15) is 6.33 Å². The molecule has 82 valence electrons. The number of hydrogen-bond donors (Lipinski definition) is 1. The van der Waals surface area contributed by atoms with E-state index in [-0.39, 0.29) is 0 Å². The van der Waals surface area contributed by atoms with Crippen molar-refractivity contribution in [3.8, 4) is 0 Å². The number of nitrogens with zero attached hydrogens (tertiary/aromatic N) is 3. The highest BCUT2D eigenvalue weighted by Gasteiger charge is 2.20. The summed E-state index contributed by atoms with van der Waals surface area (Å²) in [5.41, 5.74) is 6.53. The van der Waals surface area contributed by atoms with E-state index in [0.717, 1.165) is 5.82 Å². The lowest BCUT2D eigenvalue weighted by Crippen LogP contribution is -2.34. The van der Waals surface area contributed by atoms with Crippen LogP contribution < -0.4 is 10.6 Å². The van der Waals surface area contributed by atoms with Crippen LogP contribution in [0.5, 0.6) is 0 Å². The molecular weight excluding hydrogens is 188 g/mol. The van der Waals surface area contributed by atoms with Gasteiger partial charge in [0.05, 0.1) is 11.9 Å². The molecule has 1 aliphatic carbocycles. The standard InChI is InChI=1S/C11H18N4/c1-15(9-5-3-2-4-6-9)11-10(12)7-13-8-14-11/h7-9H,2-6,12H2,1H3. The molecule has 1 aromatic rings. The Labute approximate surface area is 90.5 Å². The first kappa shape index (κ1) is 10.2. The van der Waals surface area contributed by atoms with Crippen LogP contribution in [0.2, 0.25) is 0 Å². The van der Waals surface area contributed by atoms with Crippen molar-refractivity contribution in [1.29, 1.82) is 0 Å². The highest BCUT2D eigenvalue weighted by atomic mass is 15.2. The van der Waals surface area contributed by atoms with E-state index in [9.17, 15) is 0 Å². The van der Waals surface area contributed by atoms with E-state index in [1.165, 1.54) is 32.1 Å². The molecule has 4 nitrogen and oxygen atoms in total. The van der Waals surface area contributed by atoms with E-state index >= 15 is 0 Å². The lowest BCUT2D eigenvalue weighted by molar-refractivity contribution is 0.426. The summed E-state index contributed by atoms with van der Waals surface area (Å²) < 4.78 is 0. The third kappa shape index (κ3) is 2.19. The minimum atomic E-state index is 0.593. The van der Waals surface area contributed by atoms with Crippen molar-refractivity contribution >= 4 is 11.5 Å². The van der Waals surface area contributed by atoms with Crippen LogP contribution in [0.3, 0.4) is 0 Å². The number of anilines is 2. The molecule has 0 atom stereocenters. The topological polar surface area (TPSA) is 55.0 Å². The Balaban J connectivity index is 2.12. The maximum Gasteiger partial charge on any atom is 0.155 e. The molecule has 0 radical (unpaired) electrons. The predicted molar refractivity (Wildman–Crippen MR) is 61.7 cm³/mol. The Hall–Kier alpha value is -1.32. The molecule has 2 N–H and O–H groups in total. The lowest BCUT2D eigenvalue weighted by atomic mass is 9.94. The van der Waals surface area contributed by atoms with Gasteiger partial charge in [0.15, 0.2) is 5.82 Å². The molecule has 0 amide bonds.